The van der Waals surface area contributed by atoms with Crippen molar-refractivity contribution in [2.45, 2.75) is 31.1 Å². The van der Waals surface area contributed by atoms with Crippen LogP contribution >= 0.6 is 11.6 Å². The summed E-state index contributed by atoms with van der Waals surface area (Å²) in [5.74, 6) is 0.537. The van der Waals surface area contributed by atoms with Crippen molar-refractivity contribution in [1.82, 2.24) is 19.6 Å². The van der Waals surface area contributed by atoms with E-state index >= 15 is 0 Å². The summed E-state index contributed by atoms with van der Waals surface area (Å²) in [5, 5.41) is 7.02. The normalized spacial score (nSPS) is 19.8. The second kappa shape index (κ2) is 7.82. The number of hydrogen-bond acceptors (Lipinski definition) is 6. The third-order valence-electron chi connectivity index (χ3n) is 5.74. The van der Waals surface area contributed by atoms with Gasteiger partial charge in [-0.3, -0.25) is 9.59 Å². The fourth-order valence-electron chi connectivity index (χ4n) is 4.22. The standard InChI is InChI=1S/C21H20ClN5O4/c22-14-2-1-3-15(12-14)25-18(28)17-13-27-11-8-23-20(27)21(30-17)5-9-26(10-6-21)19(29)16-4-7-24-31-16/h1-4,7-8,11-12,17H,5-6,9-10,13H2,(H,25,28). The number of carbonyl (C=O) groups excluding carboxylic acids is 2. The molecule has 2 aliphatic rings. The van der Waals surface area contributed by atoms with Crippen LogP contribution in [0.25, 0.3) is 0 Å². The summed E-state index contributed by atoms with van der Waals surface area (Å²) >= 11 is 6.02. The van der Waals surface area contributed by atoms with Crippen LogP contribution in [0.4, 0.5) is 5.69 Å². The highest BCUT2D eigenvalue weighted by molar-refractivity contribution is 6.30. The first-order chi connectivity index (χ1) is 15.0. The van der Waals surface area contributed by atoms with Crippen molar-refractivity contribution in [3.8, 4) is 0 Å². The number of imidazole rings is 1. The molecule has 4 heterocycles. The first-order valence-electron chi connectivity index (χ1n) is 10.00. The smallest absolute Gasteiger partial charge is 0.292 e. The molecule has 0 bridgehead atoms. The lowest BCUT2D eigenvalue weighted by Gasteiger charge is -2.45. The predicted molar refractivity (Wildman–Crippen MR) is 111 cm³/mol. The molecular formula is C21H20ClN5O4. The van der Waals surface area contributed by atoms with Gasteiger partial charge in [-0.1, -0.05) is 22.8 Å². The number of ether oxygens (including phenoxy) is 1. The van der Waals surface area contributed by atoms with Crippen LogP contribution in [0, 0.1) is 0 Å². The molecule has 1 saturated heterocycles. The van der Waals surface area contributed by atoms with Gasteiger partial charge in [-0.25, -0.2) is 4.98 Å². The van der Waals surface area contributed by atoms with Crippen LogP contribution in [0.5, 0.6) is 0 Å². The summed E-state index contributed by atoms with van der Waals surface area (Å²) in [4.78, 5) is 31.8. The Labute approximate surface area is 182 Å². The van der Waals surface area contributed by atoms with Gasteiger partial charge in [0.1, 0.15) is 11.4 Å². The van der Waals surface area contributed by atoms with E-state index in [2.05, 4.69) is 15.5 Å². The van der Waals surface area contributed by atoms with Crippen molar-refractivity contribution in [2.75, 3.05) is 18.4 Å². The highest BCUT2D eigenvalue weighted by atomic mass is 35.5. The average molecular weight is 442 g/mol. The Morgan fingerprint density at radius 1 is 1.19 bits per heavy atom. The van der Waals surface area contributed by atoms with Gasteiger partial charge in [0.2, 0.25) is 5.76 Å². The van der Waals surface area contributed by atoms with Crippen LogP contribution in [-0.2, 0) is 21.7 Å². The summed E-state index contributed by atoms with van der Waals surface area (Å²) in [7, 11) is 0. The number of nitrogens with one attached hydrogen (secondary N) is 1. The quantitative estimate of drug-likeness (QED) is 0.670. The zero-order valence-electron chi connectivity index (χ0n) is 16.5. The largest absolute Gasteiger partial charge is 0.352 e. The maximum absolute atomic E-state index is 13.0. The molecule has 1 unspecified atom stereocenters. The number of hydrogen-bond donors (Lipinski definition) is 1. The van der Waals surface area contributed by atoms with E-state index in [1.165, 1.54) is 6.20 Å². The number of fused-ring (bicyclic) bond motifs is 2. The number of benzene rings is 1. The number of aromatic nitrogens is 3. The van der Waals surface area contributed by atoms with Crippen LogP contribution < -0.4 is 5.32 Å². The molecule has 1 fully saturated rings. The summed E-state index contributed by atoms with van der Waals surface area (Å²) < 4.78 is 13.3. The second-order valence-electron chi connectivity index (χ2n) is 7.67. The molecule has 1 aromatic carbocycles. The van der Waals surface area contributed by atoms with Gasteiger partial charge >= 0.3 is 0 Å². The SMILES string of the molecule is O=C(Nc1cccc(Cl)c1)C1Cn2ccnc2C2(CCN(C(=O)c3ccno3)CC2)O1. The average Bonchev–Trinajstić information content (AvgIpc) is 3.46. The van der Waals surface area contributed by atoms with Gasteiger partial charge in [0.25, 0.3) is 11.8 Å². The Kier molecular flexibility index (Phi) is 4.99. The Hall–Kier alpha value is -3.17. The number of likely N-dealkylation sites (tertiary alicyclic amines) is 1. The van der Waals surface area contributed by atoms with E-state index in [1.807, 2.05) is 10.8 Å². The van der Waals surface area contributed by atoms with E-state index in [4.69, 9.17) is 20.9 Å². The molecule has 1 atom stereocenters. The van der Waals surface area contributed by atoms with Gasteiger partial charge in [-0.15, -0.1) is 0 Å². The minimum Gasteiger partial charge on any atom is -0.352 e. The molecule has 0 aliphatic carbocycles. The zero-order valence-corrected chi connectivity index (χ0v) is 17.3. The molecule has 2 aromatic heterocycles. The van der Waals surface area contributed by atoms with Gasteiger partial charge in [0.15, 0.2) is 6.10 Å². The second-order valence-corrected chi connectivity index (χ2v) is 8.11. The monoisotopic (exact) mass is 441 g/mol. The van der Waals surface area contributed by atoms with Gasteiger partial charge in [-0.2, -0.15) is 0 Å². The summed E-state index contributed by atoms with van der Waals surface area (Å²) in [6, 6.07) is 8.53. The molecule has 160 valence electrons. The van der Waals surface area contributed by atoms with Crippen LogP contribution in [0.2, 0.25) is 5.02 Å². The lowest BCUT2D eigenvalue weighted by atomic mass is 9.88. The molecular weight excluding hydrogens is 422 g/mol. The van der Waals surface area contributed by atoms with Crippen molar-refractivity contribution >= 4 is 29.1 Å². The Bertz CT molecular complexity index is 1100. The first kappa shape index (κ1) is 19.8. The van der Waals surface area contributed by atoms with Crippen LogP contribution in [-0.4, -0.2) is 50.6 Å². The van der Waals surface area contributed by atoms with Crippen molar-refractivity contribution in [3.05, 3.63) is 65.5 Å². The van der Waals surface area contributed by atoms with E-state index in [9.17, 15) is 9.59 Å². The fraction of sp³-hybridized carbons (Fsp3) is 0.333. The highest BCUT2D eigenvalue weighted by Gasteiger charge is 2.48. The number of piperidine rings is 1. The maximum Gasteiger partial charge on any atom is 0.292 e. The lowest BCUT2D eigenvalue weighted by Crippen LogP contribution is -2.54. The number of anilines is 1. The lowest BCUT2D eigenvalue weighted by molar-refractivity contribution is -0.168. The molecule has 5 rings (SSSR count). The molecule has 31 heavy (non-hydrogen) atoms. The van der Waals surface area contributed by atoms with Crippen molar-refractivity contribution in [2.24, 2.45) is 0 Å². The number of amides is 2. The van der Waals surface area contributed by atoms with E-state index in [0.717, 1.165) is 5.82 Å². The predicted octanol–water partition coefficient (Wildman–Crippen LogP) is 2.69. The molecule has 1 spiro atoms. The maximum atomic E-state index is 13.0. The highest BCUT2D eigenvalue weighted by Crippen LogP contribution is 2.40. The van der Waals surface area contributed by atoms with Gasteiger partial charge in [-0.05, 0) is 18.2 Å². The van der Waals surface area contributed by atoms with Crippen molar-refractivity contribution in [1.29, 1.82) is 0 Å². The Morgan fingerprint density at radius 3 is 2.77 bits per heavy atom. The van der Waals surface area contributed by atoms with Gasteiger partial charge in [0.05, 0.1) is 12.7 Å². The minimum atomic E-state index is -0.740. The van der Waals surface area contributed by atoms with Crippen LogP contribution in [0.3, 0.4) is 0 Å². The molecule has 2 amide bonds. The summed E-state index contributed by atoms with van der Waals surface area (Å²) in [5.41, 5.74) is -0.130. The van der Waals surface area contributed by atoms with E-state index < -0.39 is 11.7 Å². The van der Waals surface area contributed by atoms with E-state index in [0.29, 0.717) is 43.2 Å². The van der Waals surface area contributed by atoms with Crippen molar-refractivity contribution < 1.29 is 18.8 Å². The van der Waals surface area contributed by atoms with Crippen LogP contribution in [0.15, 0.2) is 53.4 Å². The van der Waals surface area contributed by atoms with Crippen LogP contribution in [0.1, 0.15) is 29.2 Å². The fourth-order valence-corrected chi connectivity index (χ4v) is 4.41. The van der Waals surface area contributed by atoms with E-state index in [-0.39, 0.29) is 17.6 Å². The first-order valence-corrected chi connectivity index (χ1v) is 10.4. The number of carbonyl (C=O) groups is 2. The minimum absolute atomic E-state index is 0.207. The third kappa shape index (κ3) is 3.70. The van der Waals surface area contributed by atoms with Gasteiger partial charge in [0, 0.05) is 55.1 Å². The third-order valence-corrected chi connectivity index (χ3v) is 5.98. The number of halogens is 1. The molecule has 10 heteroatoms. The summed E-state index contributed by atoms with van der Waals surface area (Å²) in [6.45, 7) is 1.27. The Balaban J connectivity index is 1.33. The topological polar surface area (TPSA) is 102 Å². The molecule has 0 radical (unpaired) electrons. The zero-order chi connectivity index (χ0) is 21.4. The van der Waals surface area contributed by atoms with Gasteiger partial charge < -0.3 is 24.0 Å². The molecule has 0 saturated carbocycles. The molecule has 2 aliphatic heterocycles. The molecule has 9 nitrogen and oxygen atoms in total. The molecule has 1 N–H and O–H groups in total. The molecule has 3 aromatic rings. The van der Waals surface area contributed by atoms with E-state index in [1.54, 1.807) is 41.4 Å². The Morgan fingerprint density at radius 2 is 2.03 bits per heavy atom. The number of nitrogens with zero attached hydrogens (tertiary/aromatic N) is 4. The van der Waals surface area contributed by atoms with Crippen molar-refractivity contribution in [3.63, 3.8) is 0 Å². The number of rotatable bonds is 3. The summed E-state index contributed by atoms with van der Waals surface area (Å²) in [6.07, 6.45) is 5.35.